The molecule has 0 saturated heterocycles. The van der Waals surface area contributed by atoms with Gasteiger partial charge in [0.2, 0.25) is 0 Å². The summed E-state index contributed by atoms with van der Waals surface area (Å²) in [5, 5.41) is 0. The zero-order valence-corrected chi connectivity index (χ0v) is 9.92. The first kappa shape index (κ1) is 11.3. The molecule has 0 spiro atoms. The molecule has 2 rings (SSSR count). The van der Waals surface area contributed by atoms with Gasteiger partial charge >= 0.3 is 5.69 Å². The van der Waals surface area contributed by atoms with Gasteiger partial charge in [-0.15, -0.1) is 0 Å². The van der Waals surface area contributed by atoms with Crippen molar-refractivity contribution in [3.63, 3.8) is 0 Å². The van der Waals surface area contributed by atoms with Crippen molar-refractivity contribution < 1.29 is 0 Å². The van der Waals surface area contributed by atoms with Crippen LogP contribution in [0.1, 0.15) is 56.8 Å². The Morgan fingerprint density at radius 3 is 2.62 bits per heavy atom. The second kappa shape index (κ2) is 4.01. The minimum absolute atomic E-state index is 0.280. The van der Waals surface area contributed by atoms with Gasteiger partial charge in [0.1, 0.15) is 0 Å². The quantitative estimate of drug-likeness (QED) is 0.797. The van der Waals surface area contributed by atoms with Crippen molar-refractivity contribution in [2.75, 3.05) is 0 Å². The van der Waals surface area contributed by atoms with Crippen LogP contribution in [0.5, 0.6) is 0 Å². The first-order valence-corrected chi connectivity index (χ1v) is 5.87. The van der Waals surface area contributed by atoms with Crippen molar-refractivity contribution in [1.82, 2.24) is 9.97 Å². The van der Waals surface area contributed by atoms with Gasteiger partial charge in [0.05, 0.1) is 11.2 Å². The highest BCUT2D eigenvalue weighted by Gasteiger charge is 2.22. The Balaban J connectivity index is 2.39. The van der Waals surface area contributed by atoms with Gasteiger partial charge in [0, 0.05) is 5.69 Å². The molecular formula is C12H19N3O. The molecule has 0 aliphatic heterocycles. The molecule has 0 aromatic carbocycles. The number of nitrogens with one attached hydrogen (secondary N) is 1. The van der Waals surface area contributed by atoms with Gasteiger partial charge < -0.3 is 10.7 Å². The highest BCUT2D eigenvalue weighted by Crippen LogP contribution is 2.33. The first-order chi connectivity index (χ1) is 7.47. The van der Waals surface area contributed by atoms with E-state index in [1.54, 1.807) is 0 Å². The third kappa shape index (κ3) is 2.32. The van der Waals surface area contributed by atoms with E-state index in [9.17, 15) is 4.79 Å². The molecule has 88 valence electrons. The average molecular weight is 221 g/mol. The van der Waals surface area contributed by atoms with E-state index in [1.165, 1.54) is 12.8 Å². The minimum atomic E-state index is -0.554. The Bertz CT molecular complexity index is 425. The molecule has 4 nitrogen and oxygen atoms in total. The fourth-order valence-corrected chi connectivity index (χ4v) is 2.26. The molecule has 3 N–H and O–H groups in total. The van der Waals surface area contributed by atoms with Crippen molar-refractivity contribution in [1.29, 1.82) is 0 Å². The number of hydrogen-bond donors (Lipinski definition) is 2. The maximum Gasteiger partial charge on any atom is 0.345 e. The van der Waals surface area contributed by atoms with Crippen LogP contribution in [-0.4, -0.2) is 9.97 Å². The second-order valence-corrected chi connectivity index (χ2v) is 5.23. The molecule has 4 heteroatoms. The van der Waals surface area contributed by atoms with E-state index in [-0.39, 0.29) is 5.69 Å². The lowest BCUT2D eigenvalue weighted by Crippen LogP contribution is -2.33. The van der Waals surface area contributed by atoms with Crippen LogP contribution in [0.25, 0.3) is 0 Å². The Morgan fingerprint density at radius 2 is 2.06 bits per heavy atom. The lowest BCUT2D eigenvalue weighted by molar-refractivity contribution is 0.526. The average Bonchev–Trinajstić information content (AvgIpc) is 2.68. The van der Waals surface area contributed by atoms with Crippen LogP contribution in [0.4, 0.5) is 0 Å². The smallest absolute Gasteiger partial charge is 0.321 e. The SMILES string of the molecule is CC(C)(N)c1cc(C2CCCC2)[nH]c(=O)n1. The van der Waals surface area contributed by atoms with Crippen LogP contribution < -0.4 is 11.4 Å². The van der Waals surface area contributed by atoms with Gasteiger partial charge in [-0.05, 0) is 38.7 Å². The van der Waals surface area contributed by atoms with E-state index in [2.05, 4.69) is 9.97 Å². The van der Waals surface area contributed by atoms with E-state index in [0.717, 1.165) is 18.5 Å². The van der Waals surface area contributed by atoms with Gasteiger partial charge in [-0.3, -0.25) is 0 Å². The van der Waals surface area contributed by atoms with Gasteiger partial charge in [0.15, 0.2) is 0 Å². The van der Waals surface area contributed by atoms with E-state index >= 15 is 0 Å². The van der Waals surface area contributed by atoms with Crippen LogP contribution >= 0.6 is 0 Å². The van der Waals surface area contributed by atoms with Crippen molar-refractivity contribution in [2.24, 2.45) is 5.73 Å². The molecule has 0 unspecified atom stereocenters. The molecule has 1 saturated carbocycles. The molecule has 0 bridgehead atoms. The summed E-state index contributed by atoms with van der Waals surface area (Å²) in [6.45, 7) is 3.74. The van der Waals surface area contributed by atoms with Crippen LogP contribution in [0.3, 0.4) is 0 Å². The predicted octanol–water partition coefficient (Wildman–Crippen LogP) is 1.62. The fourth-order valence-electron chi connectivity index (χ4n) is 2.26. The summed E-state index contributed by atoms with van der Waals surface area (Å²) >= 11 is 0. The maximum absolute atomic E-state index is 11.5. The van der Waals surface area contributed by atoms with E-state index in [1.807, 2.05) is 19.9 Å². The standard InChI is InChI=1S/C12H19N3O/c1-12(2,13)10-7-9(14-11(16)15-10)8-5-3-4-6-8/h7-8H,3-6,13H2,1-2H3,(H,14,15,16). The number of aromatic amines is 1. The van der Waals surface area contributed by atoms with Crippen molar-refractivity contribution in [3.8, 4) is 0 Å². The molecule has 1 aliphatic carbocycles. The van der Waals surface area contributed by atoms with Crippen LogP contribution in [0.2, 0.25) is 0 Å². The maximum atomic E-state index is 11.5. The number of rotatable bonds is 2. The summed E-state index contributed by atoms with van der Waals surface area (Å²) in [5.74, 6) is 0.483. The van der Waals surface area contributed by atoms with Gasteiger partial charge in [0.25, 0.3) is 0 Å². The van der Waals surface area contributed by atoms with Gasteiger partial charge in [-0.2, -0.15) is 4.98 Å². The summed E-state index contributed by atoms with van der Waals surface area (Å²) in [6.07, 6.45) is 4.81. The molecule has 1 aliphatic rings. The summed E-state index contributed by atoms with van der Waals surface area (Å²) in [5.41, 5.74) is 6.83. The highest BCUT2D eigenvalue weighted by atomic mass is 16.1. The highest BCUT2D eigenvalue weighted by molar-refractivity contribution is 5.18. The van der Waals surface area contributed by atoms with Crippen molar-refractivity contribution in [3.05, 3.63) is 27.9 Å². The normalized spacial score (nSPS) is 17.9. The summed E-state index contributed by atoms with van der Waals surface area (Å²) in [7, 11) is 0. The number of aromatic nitrogens is 2. The molecule has 0 atom stereocenters. The number of nitrogens with zero attached hydrogens (tertiary/aromatic N) is 1. The van der Waals surface area contributed by atoms with Crippen LogP contribution in [0, 0.1) is 0 Å². The third-order valence-electron chi connectivity index (χ3n) is 3.22. The topological polar surface area (TPSA) is 71.8 Å². The summed E-state index contributed by atoms with van der Waals surface area (Å²) in [4.78, 5) is 18.3. The largest absolute Gasteiger partial charge is 0.345 e. The lowest BCUT2D eigenvalue weighted by Gasteiger charge is -2.19. The van der Waals surface area contributed by atoms with Crippen LogP contribution in [0.15, 0.2) is 10.9 Å². The van der Waals surface area contributed by atoms with Crippen molar-refractivity contribution in [2.45, 2.75) is 51.0 Å². The molecule has 1 aromatic rings. The molecular weight excluding hydrogens is 202 g/mol. The Labute approximate surface area is 95.3 Å². The predicted molar refractivity (Wildman–Crippen MR) is 63.3 cm³/mol. The van der Waals surface area contributed by atoms with Crippen LogP contribution in [-0.2, 0) is 5.54 Å². The van der Waals surface area contributed by atoms with Gasteiger partial charge in [-0.25, -0.2) is 4.79 Å². The number of nitrogens with two attached hydrogens (primary N) is 1. The Kier molecular flexibility index (Phi) is 2.84. The van der Waals surface area contributed by atoms with E-state index in [0.29, 0.717) is 11.6 Å². The van der Waals surface area contributed by atoms with Gasteiger partial charge in [-0.1, -0.05) is 12.8 Å². The molecule has 16 heavy (non-hydrogen) atoms. The minimum Gasteiger partial charge on any atom is -0.321 e. The van der Waals surface area contributed by atoms with E-state index < -0.39 is 5.54 Å². The monoisotopic (exact) mass is 221 g/mol. The molecule has 1 aromatic heterocycles. The number of H-pyrrole nitrogens is 1. The molecule has 0 radical (unpaired) electrons. The Morgan fingerprint density at radius 1 is 1.44 bits per heavy atom. The molecule has 0 amide bonds. The molecule has 1 heterocycles. The number of hydrogen-bond acceptors (Lipinski definition) is 3. The lowest BCUT2D eigenvalue weighted by atomic mass is 9.97. The summed E-state index contributed by atoms with van der Waals surface area (Å²) < 4.78 is 0. The fraction of sp³-hybridized carbons (Fsp3) is 0.667. The van der Waals surface area contributed by atoms with E-state index in [4.69, 9.17) is 5.73 Å². The third-order valence-corrected chi connectivity index (χ3v) is 3.22. The molecule has 1 fully saturated rings. The zero-order valence-electron chi connectivity index (χ0n) is 9.92. The zero-order chi connectivity index (χ0) is 11.8. The van der Waals surface area contributed by atoms with Crippen molar-refractivity contribution >= 4 is 0 Å². The Hall–Kier alpha value is -1.16. The second-order valence-electron chi connectivity index (χ2n) is 5.23. The first-order valence-electron chi connectivity index (χ1n) is 5.87. The summed E-state index contributed by atoms with van der Waals surface area (Å²) in [6, 6.07) is 1.96.